The van der Waals surface area contributed by atoms with Crippen LogP contribution < -0.4 is 20.1 Å². The molecule has 12 heteroatoms. The number of ether oxygens (including phenoxy) is 1. The number of hydrogen-bond donors (Lipinski definition) is 3. The minimum atomic E-state index is -4.27. The molecule has 8 nitrogen and oxygen atoms in total. The van der Waals surface area contributed by atoms with E-state index in [0.717, 1.165) is 0 Å². The van der Waals surface area contributed by atoms with Crippen molar-refractivity contribution in [3.05, 3.63) is 60.4 Å². The molecule has 0 fully saturated rings. The van der Waals surface area contributed by atoms with Crippen LogP contribution in [0.3, 0.4) is 0 Å². The first-order chi connectivity index (χ1) is 15.1. The fourth-order valence-corrected chi connectivity index (χ4v) is 3.54. The SMILES string of the molecule is CNS(=O)(=O)c1ccc(OC)c(Nc2cc(Nc3ccc(CC(F)(F)F)cc3)ncn2)c1. The van der Waals surface area contributed by atoms with E-state index in [9.17, 15) is 21.6 Å². The number of sulfonamides is 1. The maximum atomic E-state index is 12.5. The van der Waals surface area contributed by atoms with Crippen molar-refractivity contribution in [2.45, 2.75) is 17.5 Å². The average molecular weight is 467 g/mol. The minimum Gasteiger partial charge on any atom is -0.495 e. The number of halogens is 3. The molecule has 0 saturated carbocycles. The van der Waals surface area contributed by atoms with Crippen LogP contribution in [0.25, 0.3) is 0 Å². The zero-order valence-corrected chi connectivity index (χ0v) is 17.9. The van der Waals surface area contributed by atoms with Gasteiger partial charge in [0.25, 0.3) is 0 Å². The van der Waals surface area contributed by atoms with Gasteiger partial charge in [0.15, 0.2) is 0 Å². The van der Waals surface area contributed by atoms with E-state index >= 15 is 0 Å². The molecule has 0 atom stereocenters. The summed E-state index contributed by atoms with van der Waals surface area (Å²) in [5, 5.41) is 5.97. The average Bonchev–Trinajstić information content (AvgIpc) is 2.74. The Balaban J connectivity index is 1.79. The van der Waals surface area contributed by atoms with Gasteiger partial charge in [-0.1, -0.05) is 12.1 Å². The molecule has 1 heterocycles. The van der Waals surface area contributed by atoms with Crippen LogP contribution in [-0.2, 0) is 16.4 Å². The lowest BCUT2D eigenvalue weighted by Crippen LogP contribution is -2.18. The standard InChI is InChI=1S/C20H20F3N5O3S/c1-24-32(29,30)15-7-8-17(31-2)16(9-15)28-19-10-18(25-12-26-19)27-14-5-3-13(4-6-14)11-20(21,22)23/h3-10,12,24H,11H2,1-2H3,(H2,25,26,27,28). The summed E-state index contributed by atoms with van der Waals surface area (Å²) >= 11 is 0. The molecular weight excluding hydrogens is 447 g/mol. The zero-order valence-electron chi connectivity index (χ0n) is 17.1. The third-order valence-electron chi connectivity index (χ3n) is 4.31. The lowest BCUT2D eigenvalue weighted by Gasteiger charge is -2.13. The fraction of sp³-hybridized carbons (Fsp3) is 0.200. The summed E-state index contributed by atoms with van der Waals surface area (Å²) in [6, 6.07) is 11.7. The Kier molecular flexibility index (Phi) is 6.84. The Morgan fingerprint density at radius 1 is 0.969 bits per heavy atom. The molecule has 0 bridgehead atoms. The summed E-state index contributed by atoms with van der Waals surface area (Å²) in [6.07, 6.45) is -3.99. The third kappa shape index (κ3) is 6.08. The van der Waals surface area contributed by atoms with Crippen LogP contribution in [0.15, 0.2) is 59.8 Å². The molecule has 0 radical (unpaired) electrons. The third-order valence-corrected chi connectivity index (χ3v) is 5.72. The fourth-order valence-electron chi connectivity index (χ4n) is 2.79. The van der Waals surface area contributed by atoms with Crippen molar-refractivity contribution < 1.29 is 26.3 Å². The second-order valence-corrected chi connectivity index (χ2v) is 8.48. The van der Waals surface area contributed by atoms with Crippen molar-refractivity contribution in [1.29, 1.82) is 0 Å². The van der Waals surface area contributed by atoms with Gasteiger partial charge in [0, 0.05) is 11.8 Å². The van der Waals surface area contributed by atoms with Crippen molar-refractivity contribution >= 4 is 33.0 Å². The molecule has 3 aromatic rings. The van der Waals surface area contributed by atoms with Crippen LogP contribution >= 0.6 is 0 Å². The number of aromatic nitrogens is 2. The topological polar surface area (TPSA) is 105 Å². The Morgan fingerprint density at radius 2 is 1.62 bits per heavy atom. The van der Waals surface area contributed by atoms with Crippen molar-refractivity contribution in [2.75, 3.05) is 24.8 Å². The summed E-state index contributed by atoms with van der Waals surface area (Å²) in [7, 11) is -0.906. The number of hydrogen-bond acceptors (Lipinski definition) is 7. The zero-order chi connectivity index (χ0) is 23.4. The number of alkyl halides is 3. The highest BCUT2D eigenvalue weighted by atomic mass is 32.2. The summed E-state index contributed by atoms with van der Waals surface area (Å²) in [5.41, 5.74) is 1.06. The van der Waals surface area contributed by atoms with Gasteiger partial charge < -0.3 is 15.4 Å². The van der Waals surface area contributed by atoms with Crippen molar-refractivity contribution in [3.8, 4) is 5.75 Å². The summed E-state index contributed by atoms with van der Waals surface area (Å²) in [5.74, 6) is 1.12. The van der Waals surface area contributed by atoms with Gasteiger partial charge in [-0.15, -0.1) is 0 Å². The van der Waals surface area contributed by atoms with Gasteiger partial charge in [0.1, 0.15) is 23.7 Å². The molecule has 0 amide bonds. The van der Waals surface area contributed by atoms with Gasteiger partial charge in [0.2, 0.25) is 10.0 Å². The highest BCUT2D eigenvalue weighted by molar-refractivity contribution is 7.89. The molecule has 3 rings (SSSR count). The first-order valence-electron chi connectivity index (χ1n) is 9.23. The molecule has 0 unspecified atom stereocenters. The summed E-state index contributed by atoms with van der Waals surface area (Å²) in [4.78, 5) is 8.24. The largest absolute Gasteiger partial charge is 0.495 e. The van der Waals surface area contributed by atoms with Gasteiger partial charge in [0.05, 0.1) is 24.1 Å². The summed E-state index contributed by atoms with van der Waals surface area (Å²) < 4.78 is 69.2. The Labute approximate surface area is 182 Å². The molecule has 0 aliphatic carbocycles. The van der Waals surface area contributed by atoms with Crippen LogP contribution in [0, 0.1) is 0 Å². The number of nitrogens with zero attached hydrogens (tertiary/aromatic N) is 2. The number of benzene rings is 2. The normalized spacial score (nSPS) is 11.8. The van der Waals surface area contributed by atoms with Gasteiger partial charge in [-0.2, -0.15) is 13.2 Å². The lowest BCUT2D eigenvalue weighted by molar-refractivity contribution is -0.127. The molecule has 1 aromatic heterocycles. The maximum absolute atomic E-state index is 12.5. The number of rotatable bonds is 8. The van der Waals surface area contributed by atoms with E-state index in [1.54, 1.807) is 6.07 Å². The molecule has 0 aliphatic rings. The summed E-state index contributed by atoms with van der Waals surface area (Å²) in [6.45, 7) is 0. The molecule has 0 spiro atoms. The minimum absolute atomic E-state index is 0.0367. The van der Waals surface area contributed by atoms with Gasteiger partial charge >= 0.3 is 6.18 Å². The predicted octanol–water partition coefficient (Wildman–Crippen LogP) is 3.99. The van der Waals surface area contributed by atoms with Crippen molar-refractivity contribution in [1.82, 2.24) is 14.7 Å². The van der Waals surface area contributed by atoms with E-state index in [2.05, 4.69) is 25.3 Å². The molecule has 32 heavy (non-hydrogen) atoms. The molecule has 170 valence electrons. The van der Waals surface area contributed by atoms with Gasteiger partial charge in [-0.05, 0) is 42.9 Å². The van der Waals surface area contributed by atoms with Gasteiger partial charge in [-0.25, -0.2) is 23.1 Å². The van der Waals surface area contributed by atoms with Crippen LogP contribution in [0.4, 0.5) is 36.2 Å². The Bertz CT molecular complexity index is 1190. The van der Waals surface area contributed by atoms with Crippen molar-refractivity contribution in [3.63, 3.8) is 0 Å². The van der Waals surface area contributed by atoms with Crippen LogP contribution in [0.1, 0.15) is 5.56 Å². The number of anilines is 4. The van der Waals surface area contributed by atoms with E-state index in [1.807, 2.05) is 0 Å². The quantitative estimate of drug-likeness (QED) is 0.460. The Morgan fingerprint density at radius 3 is 2.22 bits per heavy atom. The number of nitrogens with one attached hydrogen (secondary N) is 3. The van der Waals surface area contributed by atoms with Gasteiger partial charge in [-0.3, -0.25) is 0 Å². The van der Waals surface area contributed by atoms with Crippen LogP contribution in [-0.4, -0.2) is 38.7 Å². The molecule has 2 aromatic carbocycles. The van der Waals surface area contributed by atoms with E-state index in [4.69, 9.17) is 4.74 Å². The first-order valence-corrected chi connectivity index (χ1v) is 10.7. The lowest BCUT2D eigenvalue weighted by atomic mass is 10.1. The van der Waals surface area contributed by atoms with E-state index in [-0.39, 0.29) is 10.5 Å². The second-order valence-electron chi connectivity index (χ2n) is 6.60. The van der Waals surface area contributed by atoms with Crippen molar-refractivity contribution in [2.24, 2.45) is 0 Å². The predicted molar refractivity (Wildman–Crippen MR) is 114 cm³/mol. The van der Waals surface area contributed by atoms with Crippen LogP contribution in [0.5, 0.6) is 5.75 Å². The molecular formula is C20H20F3N5O3S. The first kappa shape index (κ1) is 23.3. The monoisotopic (exact) mass is 467 g/mol. The highest BCUT2D eigenvalue weighted by Crippen LogP contribution is 2.30. The maximum Gasteiger partial charge on any atom is 0.393 e. The molecule has 3 N–H and O–H groups in total. The second kappa shape index (κ2) is 9.40. The van der Waals surface area contributed by atoms with E-state index in [0.29, 0.717) is 28.8 Å². The molecule has 0 aliphatic heterocycles. The smallest absolute Gasteiger partial charge is 0.393 e. The highest BCUT2D eigenvalue weighted by Gasteiger charge is 2.27. The van der Waals surface area contributed by atoms with E-state index < -0.39 is 22.6 Å². The van der Waals surface area contributed by atoms with Crippen LogP contribution in [0.2, 0.25) is 0 Å². The Hall–Kier alpha value is -3.38. The molecule has 0 saturated heterocycles. The number of methoxy groups -OCH3 is 1. The van der Waals surface area contributed by atoms with E-state index in [1.165, 1.54) is 62.9 Å².